The summed E-state index contributed by atoms with van der Waals surface area (Å²) in [6.07, 6.45) is 0.419. The van der Waals surface area contributed by atoms with Gasteiger partial charge in [-0.2, -0.15) is 0 Å². The molecule has 0 aromatic rings. The lowest BCUT2D eigenvalue weighted by atomic mass is 10.6. The molecular weight excluding hydrogens is 166 g/mol. The van der Waals surface area contributed by atoms with Gasteiger partial charge >= 0.3 is 6.09 Å². The minimum absolute atomic E-state index is 0.215. The van der Waals surface area contributed by atoms with E-state index in [4.69, 9.17) is 5.11 Å². The third kappa shape index (κ3) is 6.59. The Labute approximate surface area is 69.4 Å². The first kappa shape index (κ1) is 9.70. The fourth-order valence-electron chi connectivity index (χ4n) is 0.319. The van der Waals surface area contributed by atoms with E-state index < -0.39 is 6.09 Å². The second-order valence-electron chi connectivity index (χ2n) is 1.55. The van der Waals surface area contributed by atoms with E-state index in [1.807, 2.05) is 5.43 Å². The van der Waals surface area contributed by atoms with Crippen molar-refractivity contribution < 1.29 is 9.90 Å². The van der Waals surface area contributed by atoms with Crippen LogP contribution in [0.25, 0.3) is 0 Å². The number of carboxylic acid groups (broad SMARTS) is 1. The molecule has 11 heavy (non-hydrogen) atoms. The Balaban J connectivity index is 3.37. The quantitative estimate of drug-likeness (QED) is 0.266. The topological polar surface area (TPSA) is 73.4 Å². The Morgan fingerprint density at radius 1 is 1.64 bits per heavy atom. The molecule has 0 fully saturated rings. The molecule has 0 saturated heterocycles. The zero-order valence-electron chi connectivity index (χ0n) is 5.76. The summed E-state index contributed by atoms with van der Waals surface area (Å²) >= 11 is 4.64. The Morgan fingerprint density at radius 3 is 2.73 bits per heavy atom. The monoisotopic (exact) mass is 175 g/mol. The summed E-state index contributed by atoms with van der Waals surface area (Å²) in [7, 11) is 0. The summed E-state index contributed by atoms with van der Waals surface area (Å²) in [6.45, 7) is 3.93. The van der Waals surface area contributed by atoms with Crippen LogP contribution in [-0.4, -0.2) is 22.9 Å². The molecule has 0 saturated carbocycles. The van der Waals surface area contributed by atoms with Gasteiger partial charge in [-0.15, -0.1) is 6.58 Å². The normalized spacial score (nSPS) is 8.00. The first-order chi connectivity index (χ1) is 5.16. The Kier molecular flexibility index (Phi) is 4.83. The van der Waals surface area contributed by atoms with Crippen LogP contribution < -0.4 is 16.2 Å². The summed E-state index contributed by atoms with van der Waals surface area (Å²) in [4.78, 5) is 9.90. The molecule has 0 rings (SSSR count). The minimum Gasteiger partial charge on any atom is -0.464 e. The largest absolute Gasteiger partial charge is 0.464 e. The van der Waals surface area contributed by atoms with Crippen molar-refractivity contribution in [1.82, 2.24) is 16.2 Å². The van der Waals surface area contributed by atoms with Crippen molar-refractivity contribution in [1.29, 1.82) is 0 Å². The molecule has 0 aliphatic rings. The Bertz CT molecular complexity index is 171. The number of amides is 1. The van der Waals surface area contributed by atoms with Gasteiger partial charge in [0, 0.05) is 6.54 Å². The molecule has 0 aliphatic carbocycles. The number of hydrazine groups is 1. The van der Waals surface area contributed by atoms with Crippen molar-refractivity contribution in [2.75, 3.05) is 6.54 Å². The summed E-state index contributed by atoms with van der Waals surface area (Å²) in [6, 6.07) is 0. The second kappa shape index (κ2) is 5.48. The predicted molar refractivity (Wildman–Crippen MR) is 45.1 cm³/mol. The molecule has 4 N–H and O–H groups in total. The van der Waals surface area contributed by atoms with E-state index in [-0.39, 0.29) is 5.11 Å². The van der Waals surface area contributed by atoms with E-state index in [1.54, 1.807) is 6.08 Å². The standard InChI is InChI=1S/C5H9N3O2S/c1-2-3-6-4(11)7-8-5(9)10/h2,8H,1,3H2,(H,9,10)(H2,6,7,11). The van der Waals surface area contributed by atoms with Gasteiger partial charge < -0.3 is 10.4 Å². The highest BCUT2D eigenvalue weighted by molar-refractivity contribution is 7.80. The van der Waals surface area contributed by atoms with Crippen LogP contribution in [-0.2, 0) is 0 Å². The van der Waals surface area contributed by atoms with Gasteiger partial charge in [0.05, 0.1) is 0 Å². The molecule has 0 aromatic heterocycles. The van der Waals surface area contributed by atoms with Crippen LogP contribution in [0.1, 0.15) is 0 Å². The number of hydrogen-bond donors (Lipinski definition) is 4. The molecule has 5 nitrogen and oxygen atoms in total. The van der Waals surface area contributed by atoms with Crippen molar-refractivity contribution in [2.45, 2.75) is 0 Å². The fraction of sp³-hybridized carbons (Fsp3) is 0.200. The lowest BCUT2D eigenvalue weighted by molar-refractivity contribution is 0.192. The zero-order chi connectivity index (χ0) is 8.69. The van der Waals surface area contributed by atoms with Crippen LogP contribution >= 0.6 is 12.2 Å². The van der Waals surface area contributed by atoms with Gasteiger partial charge in [-0.05, 0) is 12.2 Å². The minimum atomic E-state index is -1.19. The van der Waals surface area contributed by atoms with Crippen molar-refractivity contribution in [3.8, 4) is 0 Å². The molecule has 1 amide bonds. The Hall–Kier alpha value is -1.30. The molecule has 0 unspecified atom stereocenters. The molecule has 0 aromatic carbocycles. The second-order valence-corrected chi connectivity index (χ2v) is 1.96. The summed E-state index contributed by atoms with van der Waals surface area (Å²) in [5, 5.41) is 11.0. The first-order valence-corrected chi connectivity index (χ1v) is 3.21. The smallest absolute Gasteiger partial charge is 0.423 e. The van der Waals surface area contributed by atoms with Crippen LogP contribution in [0.15, 0.2) is 12.7 Å². The predicted octanol–water partition coefficient (Wildman–Crippen LogP) is -0.181. The highest BCUT2D eigenvalue weighted by Crippen LogP contribution is 1.64. The van der Waals surface area contributed by atoms with Gasteiger partial charge in [0.15, 0.2) is 5.11 Å². The zero-order valence-corrected chi connectivity index (χ0v) is 6.57. The van der Waals surface area contributed by atoms with E-state index in [9.17, 15) is 4.79 Å². The maximum Gasteiger partial charge on any atom is 0.423 e. The number of rotatable bonds is 2. The Morgan fingerprint density at radius 2 is 2.27 bits per heavy atom. The van der Waals surface area contributed by atoms with Crippen LogP contribution in [0.3, 0.4) is 0 Å². The van der Waals surface area contributed by atoms with Gasteiger partial charge in [0.2, 0.25) is 0 Å². The first-order valence-electron chi connectivity index (χ1n) is 2.80. The van der Waals surface area contributed by atoms with E-state index >= 15 is 0 Å². The number of nitrogens with one attached hydrogen (secondary N) is 3. The average Bonchev–Trinajstić information content (AvgIpc) is 1.97. The fourth-order valence-corrected chi connectivity index (χ4v) is 0.454. The van der Waals surface area contributed by atoms with E-state index in [0.717, 1.165) is 0 Å². The molecule has 0 atom stereocenters. The van der Waals surface area contributed by atoms with Crippen molar-refractivity contribution in [3.05, 3.63) is 12.7 Å². The van der Waals surface area contributed by atoms with Crippen LogP contribution in [0.5, 0.6) is 0 Å². The number of hydrogen-bond acceptors (Lipinski definition) is 2. The lowest BCUT2D eigenvalue weighted by Gasteiger charge is -2.06. The SMILES string of the molecule is C=CCNC(=S)NNC(=O)O. The van der Waals surface area contributed by atoms with Gasteiger partial charge in [-0.3, -0.25) is 5.43 Å². The molecule has 0 spiro atoms. The maximum atomic E-state index is 9.90. The molecule has 62 valence electrons. The van der Waals surface area contributed by atoms with E-state index in [1.165, 1.54) is 0 Å². The molecular formula is C5H9N3O2S. The van der Waals surface area contributed by atoms with Crippen molar-refractivity contribution >= 4 is 23.4 Å². The van der Waals surface area contributed by atoms with Gasteiger partial charge in [0.25, 0.3) is 0 Å². The van der Waals surface area contributed by atoms with Gasteiger partial charge in [0.1, 0.15) is 0 Å². The van der Waals surface area contributed by atoms with Gasteiger partial charge in [-0.25, -0.2) is 10.2 Å². The van der Waals surface area contributed by atoms with Gasteiger partial charge in [-0.1, -0.05) is 6.08 Å². The van der Waals surface area contributed by atoms with Crippen molar-refractivity contribution in [2.24, 2.45) is 0 Å². The molecule has 0 heterocycles. The van der Waals surface area contributed by atoms with Crippen LogP contribution in [0, 0.1) is 0 Å². The summed E-state index contributed by atoms with van der Waals surface area (Å²) in [5.41, 5.74) is 4.12. The van der Waals surface area contributed by atoms with Crippen LogP contribution in [0.4, 0.5) is 4.79 Å². The molecule has 0 aliphatic heterocycles. The molecule has 6 heteroatoms. The molecule has 0 radical (unpaired) electrons. The lowest BCUT2D eigenvalue weighted by Crippen LogP contribution is -2.46. The van der Waals surface area contributed by atoms with E-state index in [0.29, 0.717) is 6.54 Å². The highest BCUT2D eigenvalue weighted by Gasteiger charge is 1.93. The maximum absolute atomic E-state index is 9.90. The third-order valence-corrected chi connectivity index (χ3v) is 0.936. The molecule has 0 bridgehead atoms. The summed E-state index contributed by atoms with van der Waals surface area (Å²) < 4.78 is 0. The third-order valence-electron chi connectivity index (χ3n) is 0.690. The van der Waals surface area contributed by atoms with Crippen LogP contribution in [0.2, 0.25) is 0 Å². The number of thiocarbonyl (C=S) groups is 1. The van der Waals surface area contributed by atoms with Crippen molar-refractivity contribution in [3.63, 3.8) is 0 Å². The average molecular weight is 175 g/mol. The van der Waals surface area contributed by atoms with E-state index in [2.05, 4.69) is 29.5 Å². The highest BCUT2D eigenvalue weighted by atomic mass is 32.1. The number of carbonyl (C=O) groups is 1. The summed E-state index contributed by atoms with van der Waals surface area (Å²) in [5.74, 6) is 0.